The number of nitrogens with zero attached hydrogens (tertiary/aromatic N) is 3. The number of hydrogen-bond acceptors (Lipinski definition) is 6. The molecular weight excluding hydrogens is 500 g/mol. The minimum atomic E-state index is -4.12. The second-order valence-electron chi connectivity index (χ2n) is 6.45. The quantitative estimate of drug-likeness (QED) is 0.277. The maximum Gasteiger partial charge on any atom is 0.269 e. The van der Waals surface area contributed by atoms with Gasteiger partial charge < -0.3 is 0 Å². The number of non-ortho nitro benzene ring substituents is 1. The molecule has 1 amide bonds. The predicted molar refractivity (Wildman–Crippen MR) is 124 cm³/mol. The number of nitro groups is 1. The first-order valence-electron chi connectivity index (χ1n) is 9.17. The molecule has 9 nitrogen and oxygen atoms in total. The maximum absolute atomic E-state index is 13.2. The van der Waals surface area contributed by atoms with Gasteiger partial charge in [0, 0.05) is 16.6 Å². The van der Waals surface area contributed by atoms with E-state index in [4.69, 9.17) is 0 Å². The van der Waals surface area contributed by atoms with Crippen molar-refractivity contribution in [2.45, 2.75) is 4.90 Å². The molecule has 0 aliphatic carbocycles. The lowest BCUT2D eigenvalue weighted by atomic mass is 10.2. The second-order valence-corrected chi connectivity index (χ2v) is 9.22. The molecule has 0 saturated carbocycles. The van der Waals surface area contributed by atoms with E-state index in [1.54, 1.807) is 36.4 Å². The Hall–Kier alpha value is -3.57. The van der Waals surface area contributed by atoms with Crippen molar-refractivity contribution >= 4 is 49.4 Å². The molecule has 3 rings (SSSR count). The highest BCUT2D eigenvalue weighted by atomic mass is 79.9. The highest BCUT2D eigenvalue weighted by molar-refractivity contribution is 9.10. The second kappa shape index (κ2) is 10.2. The predicted octanol–water partition coefficient (Wildman–Crippen LogP) is 3.70. The fraction of sp³-hybridized carbons (Fsp3) is 0.0476. The van der Waals surface area contributed by atoms with Crippen LogP contribution in [-0.2, 0) is 14.8 Å². The zero-order valence-corrected chi connectivity index (χ0v) is 18.9. The molecule has 1 N–H and O–H groups in total. The number of nitrogens with one attached hydrogen (secondary N) is 1. The summed E-state index contributed by atoms with van der Waals surface area (Å²) in [5, 5.41) is 14.8. The van der Waals surface area contributed by atoms with Gasteiger partial charge in [0.2, 0.25) is 0 Å². The van der Waals surface area contributed by atoms with Gasteiger partial charge in [-0.25, -0.2) is 13.8 Å². The lowest BCUT2D eigenvalue weighted by Gasteiger charge is -2.23. The Balaban J connectivity index is 1.85. The number of carbonyl (C=O) groups is 1. The zero-order chi connectivity index (χ0) is 23.1. The van der Waals surface area contributed by atoms with E-state index in [-0.39, 0.29) is 16.3 Å². The minimum Gasteiger partial charge on any atom is -0.271 e. The number of anilines is 1. The summed E-state index contributed by atoms with van der Waals surface area (Å²) in [6.45, 7) is -0.579. The molecule has 0 aromatic heterocycles. The lowest BCUT2D eigenvalue weighted by molar-refractivity contribution is -0.384. The molecular formula is C21H17BrN4O5S. The molecule has 0 aliphatic heterocycles. The fourth-order valence-electron chi connectivity index (χ4n) is 2.71. The van der Waals surface area contributed by atoms with Gasteiger partial charge in [0.1, 0.15) is 6.54 Å². The van der Waals surface area contributed by atoms with Crippen LogP contribution in [0.5, 0.6) is 0 Å². The van der Waals surface area contributed by atoms with E-state index >= 15 is 0 Å². The smallest absolute Gasteiger partial charge is 0.269 e. The van der Waals surface area contributed by atoms with Gasteiger partial charge in [-0.3, -0.25) is 19.2 Å². The zero-order valence-electron chi connectivity index (χ0n) is 16.5. The van der Waals surface area contributed by atoms with E-state index in [0.29, 0.717) is 0 Å². The van der Waals surface area contributed by atoms with Crippen LogP contribution in [-0.4, -0.2) is 32.0 Å². The van der Waals surface area contributed by atoms with Crippen molar-refractivity contribution in [2.75, 3.05) is 10.8 Å². The SMILES string of the molecule is O=C(CN(c1ccc([N+](=O)[O-])cc1)S(=O)(=O)c1ccccc1)N/N=C\c1cccc(Br)c1. The first kappa shape index (κ1) is 23.1. The molecule has 164 valence electrons. The maximum atomic E-state index is 13.2. The summed E-state index contributed by atoms with van der Waals surface area (Å²) >= 11 is 3.34. The average Bonchev–Trinajstić information content (AvgIpc) is 2.78. The van der Waals surface area contributed by atoms with Crippen molar-refractivity contribution in [1.82, 2.24) is 5.43 Å². The van der Waals surface area contributed by atoms with Crippen LogP contribution >= 0.6 is 15.9 Å². The molecule has 11 heteroatoms. The molecule has 32 heavy (non-hydrogen) atoms. The Bertz CT molecular complexity index is 1250. The molecule has 0 bridgehead atoms. The van der Waals surface area contributed by atoms with E-state index in [0.717, 1.165) is 14.3 Å². The van der Waals surface area contributed by atoms with Crippen molar-refractivity contribution in [3.63, 3.8) is 0 Å². The lowest BCUT2D eigenvalue weighted by Crippen LogP contribution is -2.39. The Morgan fingerprint density at radius 2 is 1.75 bits per heavy atom. The molecule has 0 radical (unpaired) electrons. The number of hydrazone groups is 1. The van der Waals surface area contributed by atoms with Crippen LogP contribution in [0.3, 0.4) is 0 Å². The first-order chi connectivity index (χ1) is 15.3. The Morgan fingerprint density at radius 1 is 1.06 bits per heavy atom. The summed E-state index contributed by atoms with van der Waals surface area (Å²) < 4.78 is 28.1. The average molecular weight is 517 g/mol. The summed E-state index contributed by atoms with van der Waals surface area (Å²) in [6.07, 6.45) is 1.42. The Kier molecular flexibility index (Phi) is 7.33. The van der Waals surface area contributed by atoms with Gasteiger partial charge in [-0.2, -0.15) is 5.10 Å². The highest BCUT2D eigenvalue weighted by Gasteiger charge is 2.27. The van der Waals surface area contributed by atoms with Gasteiger partial charge in [0.05, 0.1) is 21.7 Å². The third kappa shape index (κ3) is 5.77. The summed E-state index contributed by atoms with van der Waals surface area (Å²) in [7, 11) is -4.12. The molecule has 0 aliphatic rings. The van der Waals surface area contributed by atoms with Crippen molar-refractivity contribution in [1.29, 1.82) is 0 Å². The van der Waals surface area contributed by atoms with Gasteiger partial charge in [-0.05, 0) is 42.0 Å². The highest BCUT2D eigenvalue weighted by Crippen LogP contribution is 2.25. The number of rotatable bonds is 8. The van der Waals surface area contributed by atoms with E-state index in [1.807, 2.05) is 6.07 Å². The van der Waals surface area contributed by atoms with E-state index in [2.05, 4.69) is 26.5 Å². The van der Waals surface area contributed by atoms with Crippen LogP contribution in [0.25, 0.3) is 0 Å². The summed E-state index contributed by atoms with van der Waals surface area (Å²) in [5.74, 6) is -0.686. The summed E-state index contributed by atoms with van der Waals surface area (Å²) in [4.78, 5) is 22.8. The number of carbonyl (C=O) groups excluding carboxylic acids is 1. The largest absolute Gasteiger partial charge is 0.271 e. The Morgan fingerprint density at radius 3 is 2.38 bits per heavy atom. The molecule has 3 aromatic rings. The van der Waals surface area contributed by atoms with E-state index in [9.17, 15) is 23.3 Å². The number of nitro benzene ring substituents is 1. The van der Waals surface area contributed by atoms with Gasteiger partial charge in [-0.1, -0.05) is 46.3 Å². The number of benzene rings is 3. The molecule has 0 saturated heterocycles. The van der Waals surface area contributed by atoms with Crippen LogP contribution in [0.2, 0.25) is 0 Å². The van der Waals surface area contributed by atoms with Crippen LogP contribution in [0, 0.1) is 10.1 Å². The topological polar surface area (TPSA) is 122 Å². The summed E-state index contributed by atoms with van der Waals surface area (Å²) in [6, 6.07) is 19.7. The third-order valence-electron chi connectivity index (χ3n) is 4.22. The van der Waals surface area contributed by atoms with E-state index in [1.165, 1.54) is 42.6 Å². The molecule has 0 heterocycles. The van der Waals surface area contributed by atoms with Crippen LogP contribution in [0.15, 0.2) is 93.3 Å². The van der Waals surface area contributed by atoms with Crippen LogP contribution < -0.4 is 9.73 Å². The number of amides is 1. The molecule has 0 unspecified atom stereocenters. The first-order valence-corrected chi connectivity index (χ1v) is 11.4. The Labute approximate surface area is 192 Å². The fourth-order valence-corrected chi connectivity index (χ4v) is 4.57. The third-order valence-corrected chi connectivity index (χ3v) is 6.50. The monoisotopic (exact) mass is 516 g/mol. The standard InChI is InChI=1S/C21H17BrN4O5S/c22-17-6-4-5-16(13-17)14-23-24-21(27)15-25(18-9-11-19(12-10-18)26(28)29)32(30,31)20-7-2-1-3-8-20/h1-14H,15H2,(H,24,27)/b23-14-. The van der Waals surface area contributed by atoms with Gasteiger partial charge in [0.15, 0.2) is 0 Å². The van der Waals surface area contributed by atoms with Crippen LogP contribution in [0.4, 0.5) is 11.4 Å². The molecule has 0 fully saturated rings. The molecule has 0 atom stereocenters. The number of halogens is 1. The van der Waals surface area contributed by atoms with Crippen molar-refractivity contribution in [3.05, 3.63) is 99.0 Å². The summed E-state index contributed by atoms with van der Waals surface area (Å²) in [5.41, 5.74) is 2.93. The van der Waals surface area contributed by atoms with E-state index < -0.39 is 27.4 Å². The minimum absolute atomic E-state index is 0.0243. The van der Waals surface area contributed by atoms with Crippen molar-refractivity contribution < 1.29 is 18.1 Å². The van der Waals surface area contributed by atoms with Crippen molar-refractivity contribution in [2.24, 2.45) is 5.10 Å². The van der Waals surface area contributed by atoms with Gasteiger partial charge in [0.25, 0.3) is 21.6 Å². The van der Waals surface area contributed by atoms with Gasteiger partial charge >= 0.3 is 0 Å². The number of hydrogen-bond donors (Lipinski definition) is 1. The number of sulfonamides is 1. The molecule has 3 aromatic carbocycles. The van der Waals surface area contributed by atoms with Crippen LogP contribution in [0.1, 0.15) is 5.56 Å². The van der Waals surface area contributed by atoms with Crippen molar-refractivity contribution in [3.8, 4) is 0 Å². The normalized spacial score (nSPS) is 11.3. The molecule has 0 spiro atoms. The van der Waals surface area contributed by atoms with Gasteiger partial charge in [-0.15, -0.1) is 0 Å².